The van der Waals surface area contributed by atoms with Crippen molar-refractivity contribution in [2.24, 2.45) is 0 Å². The molecule has 0 aliphatic carbocycles. The summed E-state index contributed by atoms with van der Waals surface area (Å²) in [6.45, 7) is 1.15. The van der Waals surface area contributed by atoms with Gasteiger partial charge in [0.2, 0.25) is 0 Å². The lowest BCUT2D eigenvalue weighted by molar-refractivity contribution is 1.32. The molecule has 0 amide bonds. The molecule has 1 rings (SSSR count). The largest absolute Gasteiger partial charge is 0.301 e. The molecule has 1 saturated heterocycles. The number of rotatable bonds is 0. The third-order valence-electron chi connectivity index (χ3n) is 0.358. The predicted molar refractivity (Wildman–Crippen MR) is 20.7 cm³/mol. The highest BCUT2D eigenvalue weighted by Gasteiger charge is 2.12. The Morgan fingerprint density at radius 1 is 2.00 bits per heavy atom. The van der Waals surface area contributed by atoms with Crippen LogP contribution in [-0.4, -0.2) is 11.5 Å². The van der Waals surface area contributed by atoms with Gasteiger partial charge in [0.1, 0.15) is 0 Å². The van der Waals surface area contributed by atoms with Crippen LogP contribution in [0.15, 0.2) is 0 Å². The summed E-state index contributed by atoms with van der Waals surface area (Å²) in [4.78, 5) is 0.646. The van der Waals surface area contributed by atoms with Gasteiger partial charge in [-0.3, -0.25) is 0 Å². The molecule has 1 heterocycles. The Morgan fingerprint density at radius 2 is 2.25 bits per heavy atom. The summed E-state index contributed by atoms with van der Waals surface area (Å²) in [5.74, 6) is 0. The highest BCUT2D eigenvalue weighted by Crippen LogP contribution is 2.02. The van der Waals surface area contributed by atoms with E-state index in [1.54, 1.807) is 0 Å². The van der Waals surface area contributed by atoms with Crippen molar-refractivity contribution in [1.29, 1.82) is 0 Å². The fourth-order valence-electron chi connectivity index (χ4n) is 0.0445. The van der Waals surface area contributed by atoms with Crippen LogP contribution in [0.25, 0.3) is 0 Å². The van der Waals surface area contributed by atoms with Crippen molar-refractivity contribution in [2.75, 3.05) is 6.54 Å². The molecule has 1 atom stereocenters. The van der Waals surface area contributed by atoms with Gasteiger partial charge in [-0.1, -0.05) is 15.9 Å². The van der Waals surface area contributed by atoms with Gasteiger partial charge >= 0.3 is 0 Å². The van der Waals surface area contributed by atoms with Crippen LogP contribution in [0, 0.1) is 0 Å². The number of alkyl halides is 1. The van der Waals surface area contributed by atoms with E-state index in [1.165, 1.54) is 0 Å². The van der Waals surface area contributed by atoms with E-state index < -0.39 is 0 Å². The number of hydrogen-bond acceptors (Lipinski definition) is 1. The highest BCUT2D eigenvalue weighted by molar-refractivity contribution is 9.09. The summed E-state index contributed by atoms with van der Waals surface area (Å²) >= 11 is 3.27. The van der Waals surface area contributed by atoms with Gasteiger partial charge in [0.15, 0.2) is 0 Å². The zero-order valence-electron chi connectivity index (χ0n) is 2.16. The first-order valence-corrected chi connectivity index (χ1v) is 2.18. The summed E-state index contributed by atoms with van der Waals surface area (Å²) in [5, 5.41) is 3.01. The number of hydrogen-bond donors (Lipinski definition) is 1. The minimum absolute atomic E-state index is 0.646. The number of halogens is 1. The monoisotopic (exact) mass is 121 g/mol. The standard InChI is InChI=1S/C2H4BrN/c3-2-1-4-2/h2,4H,1H2. The third-order valence-corrected chi connectivity index (χ3v) is 1.01. The fourth-order valence-corrected chi connectivity index (χ4v) is 0.231. The van der Waals surface area contributed by atoms with Gasteiger partial charge in [-0.05, 0) is 0 Å². The first-order valence-electron chi connectivity index (χ1n) is 1.27. The average molecular weight is 122 g/mol. The van der Waals surface area contributed by atoms with Crippen molar-refractivity contribution in [3.8, 4) is 0 Å². The van der Waals surface area contributed by atoms with Crippen LogP contribution in [0.5, 0.6) is 0 Å². The molecule has 1 unspecified atom stereocenters. The van der Waals surface area contributed by atoms with Gasteiger partial charge in [0.05, 0.1) is 4.95 Å². The van der Waals surface area contributed by atoms with Crippen LogP contribution >= 0.6 is 15.9 Å². The van der Waals surface area contributed by atoms with E-state index in [9.17, 15) is 0 Å². The zero-order valence-corrected chi connectivity index (χ0v) is 3.75. The molecule has 0 bridgehead atoms. The Labute approximate surface area is 33.5 Å². The second-order valence-electron chi connectivity index (χ2n) is 0.876. The van der Waals surface area contributed by atoms with Gasteiger partial charge in [0.25, 0.3) is 0 Å². The topological polar surface area (TPSA) is 21.9 Å². The van der Waals surface area contributed by atoms with Crippen LogP contribution in [-0.2, 0) is 0 Å². The Hall–Kier alpha value is 0.440. The molecule has 24 valence electrons. The summed E-state index contributed by atoms with van der Waals surface area (Å²) < 4.78 is 0. The zero-order chi connectivity index (χ0) is 2.99. The van der Waals surface area contributed by atoms with Gasteiger partial charge < -0.3 is 5.32 Å². The first kappa shape index (κ1) is 2.67. The molecule has 1 nitrogen and oxygen atoms in total. The molecule has 2 heteroatoms. The van der Waals surface area contributed by atoms with Crippen molar-refractivity contribution < 1.29 is 0 Å². The van der Waals surface area contributed by atoms with Gasteiger partial charge in [0, 0.05) is 6.54 Å². The van der Waals surface area contributed by atoms with Crippen molar-refractivity contribution in [3.05, 3.63) is 0 Å². The molecular weight excluding hydrogens is 118 g/mol. The summed E-state index contributed by atoms with van der Waals surface area (Å²) in [6.07, 6.45) is 0. The van der Waals surface area contributed by atoms with E-state index in [4.69, 9.17) is 0 Å². The van der Waals surface area contributed by atoms with E-state index in [-0.39, 0.29) is 0 Å². The van der Waals surface area contributed by atoms with E-state index in [0.717, 1.165) is 6.54 Å². The maximum Gasteiger partial charge on any atom is 0.0758 e. The quantitative estimate of drug-likeness (QED) is 0.278. The van der Waals surface area contributed by atoms with Crippen molar-refractivity contribution in [3.63, 3.8) is 0 Å². The van der Waals surface area contributed by atoms with Gasteiger partial charge in [-0.2, -0.15) is 0 Å². The van der Waals surface area contributed by atoms with E-state index in [1.807, 2.05) is 0 Å². The second kappa shape index (κ2) is 0.692. The lowest BCUT2D eigenvalue weighted by Crippen LogP contribution is -1.66. The first-order chi connectivity index (χ1) is 1.89. The molecule has 4 heavy (non-hydrogen) atoms. The molecule has 1 aliphatic heterocycles. The molecule has 1 fully saturated rings. The Bertz CT molecular complexity index is 25.2. The van der Waals surface area contributed by atoms with Crippen molar-refractivity contribution in [1.82, 2.24) is 5.32 Å². The Morgan fingerprint density at radius 3 is 2.25 bits per heavy atom. The average Bonchev–Trinajstić information content (AvgIpc) is 1.75. The minimum Gasteiger partial charge on any atom is -0.301 e. The third kappa shape index (κ3) is 0.428. The summed E-state index contributed by atoms with van der Waals surface area (Å²) in [7, 11) is 0. The summed E-state index contributed by atoms with van der Waals surface area (Å²) in [6, 6.07) is 0. The summed E-state index contributed by atoms with van der Waals surface area (Å²) in [5.41, 5.74) is 0. The second-order valence-corrected chi connectivity index (χ2v) is 1.98. The van der Waals surface area contributed by atoms with Crippen LogP contribution in [0.2, 0.25) is 0 Å². The van der Waals surface area contributed by atoms with Crippen LogP contribution in [0.3, 0.4) is 0 Å². The van der Waals surface area contributed by atoms with E-state index in [2.05, 4.69) is 21.2 Å². The molecule has 0 saturated carbocycles. The Balaban J connectivity index is 2.17. The maximum absolute atomic E-state index is 3.27. The molecule has 1 N–H and O–H groups in total. The lowest BCUT2D eigenvalue weighted by atomic mass is 11.0. The Kier molecular flexibility index (Phi) is 0.461. The normalized spacial score (nSPS) is 39.8. The molecule has 0 radical (unpaired) electrons. The maximum atomic E-state index is 3.27. The molecule has 1 aliphatic rings. The van der Waals surface area contributed by atoms with Crippen molar-refractivity contribution in [2.45, 2.75) is 4.95 Å². The van der Waals surface area contributed by atoms with Gasteiger partial charge in [-0.15, -0.1) is 0 Å². The molecule has 0 aromatic heterocycles. The van der Waals surface area contributed by atoms with E-state index >= 15 is 0 Å². The number of nitrogens with one attached hydrogen (secondary N) is 1. The van der Waals surface area contributed by atoms with Gasteiger partial charge in [-0.25, -0.2) is 0 Å². The lowest BCUT2D eigenvalue weighted by Gasteiger charge is -1.50. The van der Waals surface area contributed by atoms with E-state index in [0.29, 0.717) is 4.95 Å². The SMILES string of the molecule is BrC1CN1. The molecule has 0 aromatic rings. The fraction of sp³-hybridized carbons (Fsp3) is 1.00. The smallest absolute Gasteiger partial charge is 0.0758 e. The molecule has 0 aromatic carbocycles. The predicted octanol–water partition coefficient (Wildman–Crippen LogP) is 0.311. The molecule has 0 spiro atoms. The van der Waals surface area contributed by atoms with Crippen molar-refractivity contribution >= 4 is 15.9 Å². The highest BCUT2D eigenvalue weighted by atomic mass is 79.9. The van der Waals surface area contributed by atoms with Crippen LogP contribution in [0.4, 0.5) is 0 Å². The van der Waals surface area contributed by atoms with Crippen LogP contribution in [0.1, 0.15) is 0 Å². The molecular formula is C2H4BrN. The minimum atomic E-state index is 0.646. The van der Waals surface area contributed by atoms with Crippen LogP contribution < -0.4 is 5.32 Å².